The summed E-state index contributed by atoms with van der Waals surface area (Å²) >= 11 is 18.3. The van der Waals surface area contributed by atoms with Crippen molar-refractivity contribution < 1.29 is 41.8 Å². The number of hydrogen-bond acceptors (Lipinski definition) is 9. The van der Waals surface area contributed by atoms with Gasteiger partial charge in [0.25, 0.3) is 17.7 Å². The SMILES string of the molecule is O=C(NC1(c2ccc3c(n2)CCCC3Oc2cccc(Cl)c2)CC1)c1ccc(F)cc1.O=C(NC1(c2ccc3c(n2)CCC[C@@H]3Oc2cccc(Cl)c2)CC1)c1ccc(F)cc1.O=C(NC1(c2ccc3c(n2)CCC[C@H]3Oc2cccc(Cl)c2)CC1)c1ccc(F)cc1. The number of amides is 3. The van der Waals surface area contributed by atoms with Gasteiger partial charge in [-0.25, -0.2) is 13.2 Å². The molecule has 3 aromatic heterocycles. The Hall–Kier alpha value is -8.76. The molecular formula is C75H66Cl3F3N6O6. The number of pyridine rings is 3. The molecule has 3 atom stereocenters. The Balaban J connectivity index is 0.000000127. The van der Waals surface area contributed by atoms with E-state index in [0.29, 0.717) is 31.8 Å². The van der Waals surface area contributed by atoms with E-state index >= 15 is 0 Å². The molecule has 3 saturated carbocycles. The molecule has 0 aliphatic heterocycles. The molecule has 0 bridgehead atoms. The van der Waals surface area contributed by atoms with Crippen LogP contribution in [0.1, 0.15) is 177 Å². The quantitative estimate of drug-likeness (QED) is 0.0910. The van der Waals surface area contributed by atoms with Crippen molar-refractivity contribution in [1.29, 1.82) is 0 Å². The fourth-order valence-electron chi connectivity index (χ4n) is 12.5. The summed E-state index contributed by atoms with van der Waals surface area (Å²) in [6.45, 7) is 0. The predicted molar refractivity (Wildman–Crippen MR) is 350 cm³/mol. The molecule has 3 amide bonds. The first-order valence-corrected chi connectivity index (χ1v) is 32.7. The van der Waals surface area contributed by atoms with Gasteiger partial charge in [-0.05, 0) is 242 Å². The van der Waals surface area contributed by atoms with Gasteiger partial charge in [-0.3, -0.25) is 29.3 Å². The summed E-state index contributed by atoms with van der Waals surface area (Å²) in [5.74, 6) is 0.548. The second kappa shape index (κ2) is 27.1. The van der Waals surface area contributed by atoms with Crippen LogP contribution in [0.25, 0.3) is 0 Å². The first-order chi connectivity index (χ1) is 45.1. The van der Waals surface area contributed by atoms with Crippen molar-refractivity contribution in [3.8, 4) is 17.2 Å². The molecule has 12 nitrogen and oxygen atoms in total. The van der Waals surface area contributed by atoms with E-state index in [1.807, 2.05) is 91.0 Å². The molecule has 3 N–H and O–H groups in total. The number of carbonyl (C=O) groups excluding carboxylic acids is 3. The number of ether oxygens (including phenoxy) is 3. The van der Waals surface area contributed by atoms with Crippen LogP contribution in [0, 0.1) is 17.5 Å². The first-order valence-electron chi connectivity index (χ1n) is 31.6. The van der Waals surface area contributed by atoms with E-state index in [1.165, 1.54) is 72.8 Å². The normalized spacial score (nSPS) is 18.7. The second-order valence-corrected chi connectivity index (χ2v) is 26.0. The Labute approximate surface area is 552 Å². The van der Waals surface area contributed by atoms with Gasteiger partial charge in [0.05, 0.1) is 33.7 Å². The van der Waals surface area contributed by atoms with Gasteiger partial charge in [0.15, 0.2) is 0 Å². The van der Waals surface area contributed by atoms with Crippen LogP contribution in [0.15, 0.2) is 182 Å². The number of fused-ring (bicyclic) bond motifs is 3. The lowest BCUT2D eigenvalue weighted by atomic mass is 9.92. The van der Waals surface area contributed by atoms with Crippen molar-refractivity contribution in [3.63, 3.8) is 0 Å². The number of benzene rings is 6. The van der Waals surface area contributed by atoms with E-state index in [4.69, 9.17) is 64.0 Å². The summed E-state index contributed by atoms with van der Waals surface area (Å²) in [4.78, 5) is 52.8. The van der Waals surface area contributed by atoms with Gasteiger partial charge < -0.3 is 30.2 Å². The summed E-state index contributed by atoms with van der Waals surface area (Å²) in [5, 5.41) is 11.3. The van der Waals surface area contributed by atoms with Crippen molar-refractivity contribution in [3.05, 3.63) is 282 Å². The molecule has 3 fully saturated rings. The zero-order chi connectivity index (χ0) is 64.3. The lowest BCUT2D eigenvalue weighted by molar-refractivity contribution is 0.0921. The molecule has 1 unspecified atom stereocenters. The lowest BCUT2D eigenvalue weighted by Gasteiger charge is -2.27. The molecule has 0 saturated heterocycles. The van der Waals surface area contributed by atoms with E-state index in [9.17, 15) is 27.6 Å². The highest BCUT2D eigenvalue weighted by Gasteiger charge is 2.50. The highest BCUT2D eigenvalue weighted by molar-refractivity contribution is 6.31. The molecule has 6 aliphatic rings. The summed E-state index contributed by atoms with van der Waals surface area (Å²) in [7, 11) is 0. The van der Waals surface area contributed by atoms with E-state index in [0.717, 1.165) is 164 Å². The van der Waals surface area contributed by atoms with Crippen molar-refractivity contribution in [1.82, 2.24) is 30.9 Å². The predicted octanol–water partition coefficient (Wildman–Crippen LogP) is 17.2. The minimum Gasteiger partial charge on any atom is -0.486 e. The van der Waals surface area contributed by atoms with Gasteiger partial charge in [-0.1, -0.05) is 71.2 Å². The third kappa shape index (κ3) is 14.9. The number of carbonyl (C=O) groups is 3. The molecule has 9 aromatic rings. The standard InChI is InChI=1S/3C25H22ClFN2O2/c3*26-17-3-1-4-19(15-17)31-22-6-2-5-21-20(22)11-12-23(28-21)25(13-14-25)29-24(30)16-7-9-18(27)10-8-16/h3*1,3-4,7-12,15,22H,2,5-6,13-14H2,(H,29,30)/t2*22-;/m10./s1. The molecule has 0 radical (unpaired) electrons. The van der Waals surface area contributed by atoms with Crippen LogP contribution in [-0.2, 0) is 35.9 Å². The third-order valence-electron chi connectivity index (χ3n) is 18.0. The maximum absolute atomic E-state index is 13.2. The van der Waals surface area contributed by atoms with Crippen molar-refractivity contribution >= 4 is 52.5 Å². The number of aromatic nitrogens is 3. The molecule has 0 spiro atoms. The maximum Gasteiger partial charge on any atom is 0.252 e. The maximum atomic E-state index is 13.2. The number of aryl methyl sites for hydroxylation is 3. The highest BCUT2D eigenvalue weighted by atomic mass is 35.5. The minimum absolute atomic E-state index is 0.0623. The average molecular weight is 1310 g/mol. The van der Waals surface area contributed by atoms with Crippen LogP contribution in [0.2, 0.25) is 15.1 Å². The van der Waals surface area contributed by atoms with Gasteiger partial charge in [-0.2, -0.15) is 0 Å². The van der Waals surface area contributed by atoms with Crippen LogP contribution < -0.4 is 30.2 Å². The second-order valence-electron chi connectivity index (χ2n) is 24.7. The van der Waals surface area contributed by atoms with Crippen LogP contribution in [0.4, 0.5) is 13.2 Å². The molecule has 18 heteroatoms. The number of nitrogens with one attached hydrogen (secondary N) is 3. The van der Waals surface area contributed by atoms with Gasteiger partial charge in [0, 0.05) is 65.5 Å². The number of rotatable bonds is 15. The monoisotopic (exact) mass is 1310 g/mol. The Kier molecular flexibility index (Phi) is 18.3. The zero-order valence-corrected chi connectivity index (χ0v) is 53.0. The summed E-state index contributed by atoms with van der Waals surface area (Å²) in [5.41, 5.74) is 9.00. The summed E-state index contributed by atoms with van der Waals surface area (Å²) < 4.78 is 58.1. The lowest BCUT2D eigenvalue weighted by Crippen LogP contribution is -2.36. The van der Waals surface area contributed by atoms with Crippen molar-refractivity contribution in [2.24, 2.45) is 0 Å². The molecule has 3 heterocycles. The van der Waals surface area contributed by atoms with Crippen LogP contribution in [-0.4, -0.2) is 32.7 Å². The zero-order valence-electron chi connectivity index (χ0n) is 50.7. The summed E-state index contributed by atoms with van der Waals surface area (Å²) in [6.07, 6.45) is 13.3. The van der Waals surface area contributed by atoms with Gasteiger partial charge in [0.1, 0.15) is 53.0 Å². The van der Waals surface area contributed by atoms with Gasteiger partial charge in [-0.15, -0.1) is 0 Å². The smallest absolute Gasteiger partial charge is 0.252 e. The Morgan fingerprint density at radius 1 is 0.376 bits per heavy atom. The fraction of sp³-hybridized carbons (Fsp3) is 0.280. The highest BCUT2D eigenvalue weighted by Crippen LogP contribution is 2.49. The fourth-order valence-corrected chi connectivity index (χ4v) is 13.1. The van der Waals surface area contributed by atoms with Gasteiger partial charge >= 0.3 is 0 Å². The van der Waals surface area contributed by atoms with E-state index in [2.05, 4.69) is 34.1 Å². The average Bonchev–Trinajstić information content (AvgIpc) is 1.64. The van der Waals surface area contributed by atoms with Gasteiger partial charge in [0.2, 0.25) is 0 Å². The van der Waals surface area contributed by atoms with E-state index in [-0.39, 0.29) is 53.5 Å². The Morgan fingerprint density at radius 2 is 0.645 bits per heavy atom. The minimum atomic E-state index is -0.443. The third-order valence-corrected chi connectivity index (χ3v) is 18.7. The van der Waals surface area contributed by atoms with Crippen molar-refractivity contribution in [2.75, 3.05) is 0 Å². The Bertz CT molecular complexity index is 3810. The number of nitrogens with zero attached hydrogens (tertiary/aromatic N) is 3. The summed E-state index contributed by atoms with van der Waals surface area (Å²) in [6, 6.07) is 51.3. The van der Waals surface area contributed by atoms with Crippen LogP contribution in [0.3, 0.4) is 0 Å². The van der Waals surface area contributed by atoms with E-state index in [1.54, 1.807) is 0 Å². The number of hydrogen-bond donors (Lipinski definition) is 3. The largest absolute Gasteiger partial charge is 0.486 e. The van der Waals surface area contributed by atoms with Crippen LogP contribution in [0.5, 0.6) is 17.2 Å². The topological polar surface area (TPSA) is 154 Å². The molecule has 6 aromatic carbocycles. The first kappa shape index (κ1) is 63.0. The number of halogens is 6. The molecule has 6 aliphatic carbocycles. The molecule has 93 heavy (non-hydrogen) atoms. The van der Waals surface area contributed by atoms with Crippen LogP contribution >= 0.6 is 34.8 Å². The Morgan fingerprint density at radius 3 is 0.892 bits per heavy atom. The molecule has 15 rings (SSSR count). The molecule has 474 valence electrons. The van der Waals surface area contributed by atoms with Crippen molar-refractivity contribution in [2.45, 2.75) is 131 Å². The van der Waals surface area contributed by atoms with E-state index < -0.39 is 16.6 Å². The molecular weight excluding hydrogens is 1240 g/mol.